The lowest BCUT2D eigenvalue weighted by molar-refractivity contribution is -0.385. The number of carbonyl (C=O) groups excluding carboxylic acids is 2. The van der Waals surface area contributed by atoms with E-state index in [1.807, 2.05) is 45.0 Å². The molecule has 0 heterocycles. The summed E-state index contributed by atoms with van der Waals surface area (Å²) in [4.78, 5) is 38.0. The third kappa shape index (κ3) is 5.88. The molecule has 0 aliphatic rings. The van der Waals surface area contributed by atoms with Crippen molar-refractivity contribution in [1.82, 2.24) is 10.2 Å². The Morgan fingerprint density at radius 1 is 1.03 bits per heavy atom. The highest BCUT2D eigenvalue weighted by molar-refractivity contribution is 5.88. The minimum absolute atomic E-state index is 0.0597. The molecule has 2 aromatic rings. The van der Waals surface area contributed by atoms with E-state index >= 15 is 0 Å². The Kier molecular flexibility index (Phi) is 7.47. The molecule has 2 rings (SSSR count). The van der Waals surface area contributed by atoms with E-state index < -0.39 is 11.0 Å². The molecule has 7 nitrogen and oxygen atoms in total. The topological polar surface area (TPSA) is 92.6 Å². The van der Waals surface area contributed by atoms with E-state index in [0.717, 1.165) is 11.1 Å². The van der Waals surface area contributed by atoms with E-state index in [0.29, 0.717) is 5.56 Å². The average molecular weight is 397 g/mol. The van der Waals surface area contributed by atoms with Crippen LogP contribution in [0.5, 0.6) is 0 Å². The van der Waals surface area contributed by atoms with Crippen molar-refractivity contribution in [2.24, 2.45) is 0 Å². The average Bonchev–Trinajstić information content (AvgIpc) is 2.66. The Labute approximate surface area is 170 Å². The Balaban J connectivity index is 2.33. The smallest absolute Gasteiger partial charge is 0.273 e. The molecule has 0 aromatic heterocycles. The Hall–Kier alpha value is -3.22. The van der Waals surface area contributed by atoms with Crippen LogP contribution < -0.4 is 5.32 Å². The van der Waals surface area contributed by atoms with Gasteiger partial charge in [-0.05, 0) is 38.8 Å². The van der Waals surface area contributed by atoms with E-state index in [2.05, 4.69) is 5.32 Å². The number of nitro groups is 1. The second kappa shape index (κ2) is 9.82. The molecule has 2 aromatic carbocycles. The largest absolute Gasteiger partial charge is 0.352 e. The van der Waals surface area contributed by atoms with Crippen molar-refractivity contribution in [1.29, 1.82) is 0 Å². The van der Waals surface area contributed by atoms with Crippen molar-refractivity contribution >= 4 is 17.5 Å². The summed E-state index contributed by atoms with van der Waals surface area (Å²) in [6.45, 7) is 7.57. The minimum Gasteiger partial charge on any atom is -0.352 e. The zero-order valence-electron chi connectivity index (χ0n) is 17.2. The van der Waals surface area contributed by atoms with Crippen LogP contribution in [-0.2, 0) is 22.6 Å². The number of amides is 2. The highest BCUT2D eigenvalue weighted by atomic mass is 16.6. The lowest BCUT2D eigenvalue weighted by Crippen LogP contribution is -2.49. The summed E-state index contributed by atoms with van der Waals surface area (Å²) in [5.41, 5.74) is 2.16. The zero-order chi connectivity index (χ0) is 21.6. The standard InChI is InChI=1S/C22H27N3O4/c1-15(2)23-22(27)17(4)24(14-19-11-6-5-9-16(19)3)21(26)13-18-10-7-8-12-20(18)25(28)29/h5-12,15,17H,13-14H2,1-4H3,(H,23,27). The summed E-state index contributed by atoms with van der Waals surface area (Å²) in [6, 6.07) is 13.0. The van der Waals surface area contributed by atoms with Crippen molar-refractivity contribution < 1.29 is 14.5 Å². The molecule has 1 N–H and O–H groups in total. The van der Waals surface area contributed by atoms with Gasteiger partial charge in [0.1, 0.15) is 6.04 Å². The first kappa shape index (κ1) is 22.1. The lowest BCUT2D eigenvalue weighted by Gasteiger charge is -2.30. The summed E-state index contributed by atoms with van der Waals surface area (Å²) in [6.07, 6.45) is -0.150. The van der Waals surface area contributed by atoms with Crippen LogP contribution >= 0.6 is 0 Å². The molecule has 0 bridgehead atoms. The summed E-state index contributed by atoms with van der Waals surface area (Å²) >= 11 is 0. The Morgan fingerprint density at radius 3 is 2.21 bits per heavy atom. The number of para-hydroxylation sites is 1. The van der Waals surface area contributed by atoms with E-state index in [1.54, 1.807) is 25.1 Å². The maximum atomic E-state index is 13.2. The molecule has 1 unspecified atom stereocenters. The number of rotatable bonds is 8. The van der Waals surface area contributed by atoms with Crippen LogP contribution in [0.2, 0.25) is 0 Å². The Morgan fingerprint density at radius 2 is 1.62 bits per heavy atom. The van der Waals surface area contributed by atoms with E-state index in [1.165, 1.54) is 11.0 Å². The van der Waals surface area contributed by atoms with Gasteiger partial charge in [0.15, 0.2) is 0 Å². The summed E-state index contributed by atoms with van der Waals surface area (Å²) < 4.78 is 0. The molecule has 154 valence electrons. The molecular weight excluding hydrogens is 370 g/mol. The summed E-state index contributed by atoms with van der Waals surface area (Å²) in [7, 11) is 0. The predicted octanol–water partition coefficient (Wildman–Crippen LogP) is 3.39. The highest BCUT2D eigenvalue weighted by Gasteiger charge is 2.28. The molecule has 29 heavy (non-hydrogen) atoms. The van der Waals surface area contributed by atoms with Crippen molar-refractivity contribution in [3.05, 3.63) is 75.3 Å². The third-order valence-electron chi connectivity index (χ3n) is 4.73. The van der Waals surface area contributed by atoms with Crippen molar-refractivity contribution in [3.63, 3.8) is 0 Å². The number of nitrogens with one attached hydrogen (secondary N) is 1. The second-order valence-corrected chi connectivity index (χ2v) is 7.35. The van der Waals surface area contributed by atoms with Gasteiger partial charge in [0.25, 0.3) is 5.69 Å². The summed E-state index contributed by atoms with van der Waals surface area (Å²) in [5, 5.41) is 14.1. The van der Waals surface area contributed by atoms with Gasteiger partial charge in [-0.25, -0.2) is 0 Å². The van der Waals surface area contributed by atoms with Crippen molar-refractivity contribution in [3.8, 4) is 0 Å². The molecule has 0 radical (unpaired) electrons. The van der Waals surface area contributed by atoms with Gasteiger partial charge in [0, 0.05) is 24.2 Å². The third-order valence-corrected chi connectivity index (χ3v) is 4.73. The van der Waals surface area contributed by atoms with Gasteiger partial charge in [0.05, 0.1) is 11.3 Å². The number of hydrogen-bond donors (Lipinski definition) is 1. The molecule has 0 aliphatic carbocycles. The van der Waals surface area contributed by atoms with Crippen LogP contribution in [-0.4, -0.2) is 33.7 Å². The maximum Gasteiger partial charge on any atom is 0.273 e. The summed E-state index contributed by atoms with van der Waals surface area (Å²) in [5.74, 6) is -0.599. The highest BCUT2D eigenvalue weighted by Crippen LogP contribution is 2.21. The monoisotopic (exact) mass is 397 g/mol. The number of nitro benzene ring substituents is 1. The van der Waals surface area contributed by atoms with Crippen molar-refractivity contribution in [2.75, 3.05) is 0 Å². The van der Waals surface area contributed by atoms with Crippen LogP contribution in [0, 0.1) is 17.0 Å². The molecule has 0 spiro atoms. The zero-order valence-corrected chi connectivity index (χ0v) is 17.2. The second-order valence-electron chi connectivity index (χ2n) is 7.35. The first-order valence-corrected chi connectivity index (χ1v) is 9.57. The van der Waals surface area contributed by atoms with E-state index in [4.69, 9.17) is 0 Å². The Bertz CT molecular complexity index is 895. The number of carbonyl (C=O) groups is 2. The van der Waals surface area contributed by atoms with E-state index in [-0.39, 0.29) is 36.5 Å². The molecule has 0 saturated heterocycles. The molecule has 7 heteroatoms. The number of nitrogens with zero attached hydrogens (tertiary/aromatic N) is 2. The SMILES string of the molecule is Cc1ccccc1CN(C(=O)Cc1ccccc1[N+](=O)[O-])C(C)C(=O)NC(C)C. The van der Waals surface area contributed by atoms with Crippen LogP contribution in [0.15, 0.2) is 48.5 Å². The molecule has 2 amide bonds. The van der Waals surface area contributed by atoms with Gasteiger partial charge < -0.3 is 10.2 Å². The first-order valence-electron chi connectivity index (χ1n) is 9.57. The quantitative estimate of drug-likeness (QED) is 0.546. The van der Waals surface area contributed by atoms with E-state index in [9.17, 15) is 19.7 Å². The fraction of sp³-hybridized carbons (Fsp3) is 0.364. The molecular formula is C22H27N3O4. The molecule has 0 fully saturated rings. The van der Waals surface area contributed by atoms with Gasteiger partial charge >= 0.3 is 0 Å². The fourth-order valence-corrected chi connectivity index (χ4v) is 3.06. The lowest BCUT2D eigenvalue weighted by atomic mass is 10.0. The van der Waals surface area contributed by atoms with Gasteiger partial charge in [-0.15, -0.1) is 0 Å². The normalized spacial score (nSPS) is 11.8. The number of benzene rings is 2. The van der Waals surface area contributed by atoms with Crippen LogP contribution in [0.4, 0.5) is 5.69 Å². The van der Waals surface area contributed by atoms with Crippen molar-refractivity contribution in [2.45, 2.75) is 52.7 Å². The van der Waals surface area contributed by atoms with Gasteiger partial charge in [0.2, 0.25) is 11.8 Å². The minimum atomic E-state index is -0.715. The van der Waals surface area contributed by atoms with Gasteiger partial charge in [-0.3, -0.25) is 19.7 Å². The van der Waals surface area contributed by atoms with Crippen LogP contribution in [0.1, 0.15) is 37.5 Å². The number of aryl methyl sites for hydroxylation is 1. The fourth-order valence-electron chi connectivity index (χ4n) is 3.06. The van der Waals surface area contributed by atoms with Gasteiger partial charge in [-0.2, -0.15) is 0 Å². The molecule has 0 saturated carbocycles. The molecule has 0 aliphatic heterocycles. The number of hydrogen-bond acceptors (Lipinski definition) is 4. The van der Waals surface area contributed by atoms with Crippen LogP contribution in [0.25, 0.3) is 0 Å². The predicted molar refractivity (Wildman–Crippen MR) is 111 cm³/mol. The molecule has 1 atom stereocenters. The van der Waals surface area contributed by atoms with Crippen LogP contribution in [0.3, 0.4) is 0 Å². The maximum absolute atomic E-state index is 13.2. The van der Waals surface area contributed by atoms with Gasteiger partial charge in [-0.1, -0.05) is 42.5 Å². The first-order chi connectivity index (χ1) is 13.7.